The quantitative estimate of drug-likeness (QED) is 0.888. The molecular formula is C12H13BrFNO. The summed E-state index contributed by atoms with van der Waals surface area (Å²) in [5.41, 5.74) is 0.494. The second kappa shape index (κ2) is 4.95. The minimum Gasteiger partial charge on any atom is -0.349 e. The van der Waals surface area contributed by atoms with Crippen LogP contribution in [0.3, 0.4) is 0 Å². The molecule has 0 aliphatic heterocycles. The molecule has 16 heavy (non-hydrogen) atoms. The van der Waals surface area contributed by atoms with E-state index in [-0.39, 0.29) is 17.8 Å². The van der Waals surface area contributed by atoms with Crippen molar-refractivity contribution in [1.82, 2.24) is 5.32 Å². The van der Waals surface area contributed by atoms with E-state index in [1.807, 2.05) is 0 Å². The number of amides is 1. The summed E-state index contributed by atoms with van der Waals surface area (Å²) in [4.78, 5) is 11.9. The zero-order valence-corrected chi connectivity index (χ0v) is 10.4. The van der Waals surface area contributed by atoms with Crippen LogP contribution in [0.2, 0.25) is 0 Å². The Labute approximate surface area is 102 Å². The predicted octanol–water partition coefficient (Wildman–Crippen LogP) is 3.26. The van der Waals surface area contributed by atoms with Crippen LogP contribution in [-0.2, 0) is 0 Å². The highest BCUT2D eigenvalue weighted by Crippen LogP contribution is 2.21. The highest BCUT2D eigenvalue weighted by molar-refractivity contribution is 9.10. The zero-order valence-electron chi connectivity index (χ0n) is 8.80. The third kappa shape index (κ3) is 2.61. The van der Waals surface area contributed by atoms with Gasteiger partial charge in [0.15, 0.2) is 0 Å². The fourth-order valence-electron chi connectivity index (χ4n) is 2.01. The van der Waals surface area contributed by atoms with Gasteiger partial charge in [-0.1, -0.05) is 12.8 Å². The molecule has 0 unspecified atom stereocenters. The topological polar surface area (TPSA) is 29.1 Å². The van der Waals surface area contributed by atoms with Crippen molar-refractivity contribution in [3.63, 3.8) is 0 Å². The molecule has 1 aromatic carbocycles. The second-order valence-corrected chi connectivity index (χ2v) is 4.93. The molecule has 2 nitrogen and oxygen atoms in total. The fourth-order valence-corrected chi connectivity index (χ4v) is 2.54. The summed E-state index contributed by atoms with van der Waals surface area (Å²) in [7, 11) is 0. The molecule has 86 valence electrons. The average Bonchev–Trinajstić information content (AvgIpc) is 2.70. The van der Waals surface area contributed by atoms with Gasteiger partial charge in [-0.25, -0.2) is 4.39 Å². The number of rotatable bonds is 2. The normalized spacial score (nSPS) is 16.4. The van der Waals surface area contributed by atoms with Crippen molar-refractivity contribution in [2.75, 3.05) is 0 Å². The minimum absolute atomic E-state index is 0.126. The van der Waals surface area contributed by atoms with Crippen molar-refractivity contribution in [3.8, 4) is 0 Å². The summed E-state index contributed by atoms with van der Waals surface area (Å²) in [6.07, 6.45) is 4.44. The lowest BCUT2D eigenvalue weighted by Crippen LogP contribution is -2.32. The van der Waals surface area contributed by atoms with E-state index >= 15 is 0 Å². The van der Waals surface area contributed by atoms with E-state index in [1.54, 1.807) is 0 Å². The van der Waals surface area contributed by atoms with Crippen molar-refractivity contribution in [3.05, 3.63) is 34.1 Å². The molecule has 1 fully saturated rings. The molecule has 0 aromatic heterocycles. The van der Waals surface area contributed by atoms with Crippen molar-refractivity contribution in [1.29, 1.82) is 0 Å². The van der Waals surface area contributed by atoms with Gasteiger partial charge in [-0.2, -0.15) is 0 Å². The number of benzene rings is 1. The minimum atomic E-state index is -0.343. The number of hydrogen-bond donors (Lipinski definition) is 1. The van der Waals surface area contributed by atoms with Gasteiger partial charge < -0.3 is 5.32 Å². The first-order chi connectivity index (χ1) is 7.66. The number of nitrogens with one attached hydrogen (secondary N) is 1. The lowest BCUT2D eigenvalue weighted by atomic mass is 10.2. The smallest absolute Gasteiger partial charge is 0.252 e. The van der Waals surface area contributed by atoms with E-state index in [4.69, 9.17) is 0 Å². The van der Waals surface area contributed by atoms with Crippen LogP contribution in [0.1, 0.15) is 36.0 Å². The average molecular weight is 286 g/mol. The molecule has 1 aromatic rings. The van der Waals surface area contributed by atoms with Crippen LogP contribution in [0.25, 0.3) is 0 Å². The Balaban J connectivity index is 2.08. The van der Waals surface area contributed by atoms with E-state index in [2.05, 4.69) is 21.2 Å². The summed E-state index contributed by atoms with van der Waals surface area (Å²) in [6, 6.07) is 4.39. The van der Waals surface area contributed by atoms with E-state index in [9.17, 15) is 9.18 Å². The van der Waals surface area contributed by atoms with Crippen LogP contribution >= 0.6 is 15.9 Å². The van der Waals surface area contributed by atoms with Crippen LogP contribution in [0, 0.1) is 5.82 Å². The first-order valence-electron chi connectivity index (χ1n) is 5.43. The van der Waals surface area contributed by atoms with E-state index in [0.717, 1.165) is 12.8 Å². The van der Waals surface area contributed by atoms with Gasteiger partial charge in [0.1, 0.15) is 5.82 Å². The van der Waals surface area contributed by atoms with Gasteiger partial charge in [0.05, 0.1) is 5.56 Å². The second-order valence-electron chi connectivity index (χ2n) is 4.08. The van der Waals surface area contributed by atoms with Crippen LogP contribution in [0.4, 0.5) is 4.39 Å². The first kappa shape index (κ1) is 11.6. The Bertz CT molecular complexity index is 402. The highest BCUT2D eigenvalue weighted by Gasteiger charge is 2.19. The number of halogens is 2. The summed E-state index contributed by atoms with van der Waals surface area (Å²) >= 11 is 3.20. The molecule has 0 heterocycles. The molecular weight excluding hydrogens is 273 g/mol. The third-order valence-corrected chi connectivity index (χ3v) is 3.52. The molecule has 1 amide bonds. The van der Waals surface area contributed by atoms with Crippen LogP contribution < -0.4 is 5.32 Å². The summed E-state index contributed by atoms with van der Waals surface area (Å²) in [5, 5.41) is 2.96. The fraction of sp³-hybridized carbons (Fsp3) is 0.417. The predicted molar refractivity (Wildman–Crippen MR) is 63.8 cm³/mol. The monoisotopic (exact) mass is 285 g/mol. The zero-order chi connectivity index (χ0) is 11.5. The molecule has 1 saturated carbocycles. The molecule has 4 heteroatoms. The van der Waals surface area contributed by atoms with Gasteiger partial charge in [0.2, 0.25) is 0 Å². The maximum absolute atomic E-state index is 12.9. The van der Waals surface area contributed by atoms with E-state index in [1.165, 1.54) is 31.0 Å². The Hall–Kier alpha value is -0.900. The van der Waals surface area contributed by atoms with Gasteiger partial charge in [-0.15, -0.1) is 0 Å². The van der Waals surface area contributed by atoms with Crippen LogP contribution in [0.5, 0.6) is 0 Å². The molecule has 0 bridgehead atoms. The number of hydrogen-bond acceptors (Lipinski definition) is 1. The Kier molecular flexibility index (Phi) is 3.59. The van der Waals surface area contributed by atoms with Crippen molar-refractivity contribution < 1.29 is 9.18 Å². The molecule has 2 rings (SSSR count). The van der Waals surface area contributed by atoms with E-state index in [0.29, 0.717) is 10.0 Å². The molecule has 1 aliphatic carbocycles. The summed E-state index contributed by atoms with van der Waals surface area (Å²) in [6.45, 7) is 0. The molecule has 1 aliphatic rings. The largest absolute Gasteiger partial charge is 0.349 e. The lowest BCUT2D eigenvalue weighted by molar-refractivity contribution is 0.0937. The Morgan fingerprint density at radius 1 is 1.38 bits per heavy atom. The summed E-state index contributed by atoms with van der Waals surface area (Å²) < 4.78 is 13.4. The maximum atomic E-state index is 12.9. The highest BCUT2D eigenvalue weighted by atomic mass is 79.9. The maximum Gasteiger partial charge on any atom is 0.252 e. The van der Waals surface area contributed by atoms with Gasteiger partial charge in [0, 0.05) is 10.5 Å². The van der Waals surface area contributed by atoms with Crippen molar-refractivity contribution >= 4 is 21.8 Å². The molecule has 0 spiro atoms. The van der Waals surface area contributed by atoms with Gasteiger partial charge in [0.25, 0.3) is 5.91 Å². The SMILES string of the molecule is O=C(NC1CCCC1)c1ccc(F)cc1Br. The van der Waals surface area contributed by atoms with Crippen molar-refractivity contribution in [2.45, 2.75) is 31.7 Å². The molecule has 0 saturated heterocycles. The molecule has 0 atom stereocenters. The lowest BCUT2D eigenvalue weighted by Gasteiger charge is -2.12. The van der Waals surface area contributed by atoms with Crippen molar-refractivity contribution in [2.24, 2.45) is 0 Å². The first-order valence-corrected chi connectivity index (χ1v) is 6.22. The van der Waals surface area contributed by atoms with E-state index < -0.39 is 0 Å². The van der Waals surface area contributed by atoms with Gasteiger partial charge >= 0.3 is 0 Å². The standard InChI is InChI=1S/C12H13BrFNO/c13-11-7-8(14)5-6-10(11)12(16)15-9-3-1-2-4-9/h5-7,9H,1-4H2,(H,15,16). The summed E-state index contributed by atoms with van der Waals surface area (Å²) in [5.74, 6) is -0.469. The van der Waals surface area contributed by atoms with Gasteiger partial charge in [-0.3, -0.25) is 4.79 Å². The molecule has 0 radical (unpaired) electrons. The van der Waals surface area contributed by atoms with Crippen LogP contribution in [-0.4, -0.2) is 11.9 Å². The number of carbonyl (C=O) groups is 1. The van der Waals surface area contributed by atoms with Gasteiger partial charge in [-0.05, 0) is 47.0 Å². The molecule has 1 N–H and O–H groups in total. The number of carbonyl (C=O) groups excluding carboxylic acids is 1. The Morgan fingerprint density at radius 2 is 2.06 bits per heavy atom. The van der Waals surface area contributed by atoms with Crippen LogP contribution in [0.15, 0.2) is 22.7 Å². The third-order valence-electron chi connectivity index (χ3n) is 2.87. The Morgan fingerprint density at radius 3 is 2.69 bits per heavy atom.